The maximum Gasteiger partial charge on any atom is 0.311 e. The van der Waals surface area contributed by atoms with Gasteiger partial charge in [-0.2, -0.15) is 0 Å². The first kappa shape index (κ1) is 26.0. The second-order valence-corrected chi connectivity index (χ2v) is 12.3. The van der Waals surface area contributed by atoms with Gasteiger partial charge in [-0.1, -0.05) is 25.1 Å². The molecule has 8 heteroatoms. The highest BCUT2D eigenvalue weighted by Gasteiger charge is 2.78. The highest BCUT2D eigenvalue weighted by Crippen LogP contribution is 2.67. The van der Waals surface area contributed by atoms with E-state index in [9.17, 15) is 14.7 Å². The van der Waals surface area contributed by atoms with Crippen molar-refractivity contribution in [3.63, 3.8) is 0 Å². The van der Waals surface area contributed by atoms with Gasteiger partial charge >= 0.3 is 11.9 Å². The molecule has 1 aliphatic carbocycles. The lowest BCUT2D eigenvalue weighted by Gasteiger charge is -2.64. The number of hydrogen-bond acceptors (Lipinski definition) is 8. The minimum Gasteiger partial charge on any atom is -0.497 e. The van der Waals surface area contributed by atoms with Gasteiger partial charge in [-0.05, 0) is 51.8 Å². The predicted molar refractivity (Wildman–Crippen MR) is 140 cm³/mol. The fraction of sp³-hybridized carbons (Fsp3) is 0.655. The van der Waals surface area contributed by atoms with Gasteiger partial charge in [0.15, 0.2) is 5.60 Å². The van der Waals surface area contributed by atoms with Crippen LogP contribution in [0.2, 0.25) is 0 Å². The topological polar surface area (TPSA) is 88.5 Å². The Labute approximate surface area is 219 Å². The number of aliphatic hydroxyl groups is 1. The maximum absolute atomic E-state index is 13.0. The van der Waals surface area contributed by atoms with Gasteiger partial charge in [-0.15, -0.1) is 0 Å². The third-order valence-electron chi connectivity index (χ3n) is 9.26. The van der Waals surface area contributed by atoms with Gasteiger partial charge in [-0.25, -0.2) is 0 Å². The van der Waals surface area contributed by atoms with E-state index in [0.717, 1.165) is 36.5 Å². The monoisotopic (exact) mass is 512 g/mol. The van der Waals surface area contributed by atoms with Crippen LogP contribution in [0.15, 0.2) is 30.4 Å². The van der Waals surface area contributed by atoms with Crippen LogP contribution < -0.4 is 9.64 Å². The lowest BCUT2D eigenvalue weighted by Crippen LogP contribution is -2.80. The second kappa shape index (κ2) is 8.46. The summed E-state index contributed by atoms with van der Waals surface area (Å²) in [4.78, 5) is 30.1. The van der Waals surface area contributed by atoms with Crippen LogP contribution in [0, 0.1) is 10.8 Å². The normalized spacial score (nSPS) is 36.0. The van der Waals surface area contributed by atoms with Crippen LogP contribution in [0.5, 0.6) is 5.75 Å². The maximum atomic E-state index is 13.0. The smallest absolute Gasteiger partial charge is 0.311 e. The molecule has 1 spiro atoms. The Balaban J connectivity index is 1.76. The molecule has 1 saturated carbocycles. The molecule has 5 rings (SSSR count). The van der Waals surface area contributed by atoms with Gasteiger partial charge in [0, 0.05) is 49.1 Å². The Bertz CT molecular complexity index is 1140. The van der Waals surface area contributed by atoms with Crippen molar-refractivity contribution in [1.82, 2.24) is 4.90 Å². The number of hydrogen-bond donors (Lipinski definition) is 1. The van der Waals surface area contributed by atoms with Crippen molar-refractivity contribution in [2.45, 2.75) is 76.7 Å². The molecule has 0 bridgehead atoms. The Morgan fingerprint density at radius 1 is 1.22 bits per heavy atom. The summed E-state index contributed by atoms with van der Waals surface area (Å²) in [7, 11) is 3.62. The number of ether oxygens (including phenoxy) is 3. The SMILES string of the molecule is CC[C@]12C=CCN3CC[C@@]4(c5ccc(OC)cc5N(C)[C@H]4[C@@](O)(COC(=O)C(C)(C)C)[C@@H]1OC(C)=O)C32. The van der Waals surface area contributed by atoms with E-state index in [0.29, 0.717) is 6.42 Å². The van der Waals surface area contributed by atoms with Crippen LogP contribution in [0.25, 0.3) is 0 Å². The summed E-state index contributed by atoms with van der Waals surface area (Å²) in [6, 6.07) is 5.64. The Morgan fingerprint density at radius 3 is 2.57 bits per heavy atom. The summed E-state index contributed by atoms with van der Waals surface area (Å²) in [5.41, 5.74) is -1.40. The number of benzene rings is 1. The van der Waals surface area contributed by atoms with E-state index >= 15 is 0 Å². The van der Waals surface area contributed by atoms with E-state index < -0.39 is 45.9 Å². The van der Waals surface area contributed by atoms with Crippen molar-refractivity contribution in [2.75, 3.05) is 38.8 Å². The number of likely N-dealkylation sites (N-methyl/N-ethyl adjacent to an activating group) is 1. The van der Waals surface area contributed by atoms with Crippen molar-refractivity contribution in [1.29, 1.82) is 0 Å². The molecule has 0 amide bonds. The molecule has 37 heavy (non-hydrogen) atoms. The molecule has 0 radical (unpaired) electrons. The van der Waals surface area contributed by atoms with Crippen LogP contribution in [0.3, 0.4) is 0 Å². The number of anilines is 1. The van der Waals surface area contributed by atoms with E-state index in [2.05, 4.69) is 34.9 Å². The lowest BCUT2D eigenvalue weighted by molar-refractivity contribution is -0.233. The van der Waals surface area contributed by atoms with Crippen LogP contribution >= 0.6 is 0 Å². The van der Waals surface area contributed by atoms with E-state index in [1.54, 1.807) is 27.9 Å². The molecule has 4 aliphatic rings. The highest BCUT2D eigenvalue weighted by molar-refractivity contribution is 5.76. The van der Waals surface area contributed by atoms with Crippen molar-refractivity contribution in [3.8, 4) is 5.75 Å². The van der Waals surface area contributed by atoms with Gasteiger partial charge in [-0.3, -0.25) is 14.5 Å². The number of methoxy groups -OCH3 is 1. The summed E-state index contributed by atoms with van der Waals surface area (Å²) < 4.78 is 17.5. The zero-order valence-electron chi connectivity index (χ0n) is 23.0. The fourth-order valence-corrected chi connectivity index (χ4v) is 8.01. The lowest BCUT2D eigenvalue weighted by atomic mass is 9.48. The fourth-order valence-electron chi connectivity index (χ4n) is 8.01. The first-order valence-electron chi connectivity index (χ1n) is 13.3. The summed E-state index contributed by atoms with van der Waals surface area (Å²) in [6.07, 6.45) is 4.86. The largest absolute Gasteiger partial charge is 0.497 e. The number of rotatable bonds is 5. The average Bonchev–Trinajstić information content (AvgIpc) is 3.36. The Kier molecular flexibility index (Phi) is 5.96. The van der Waals surface area contributed by atoms with Crippen molar-refractivity contribution in [2.24, 2.45) is 10.8 Å². The number of carbonyl (C=O) groups is 2. The van der Waals surface area contributed by atoms with Gasteiger partial charge in [0.1, 0.15) is 18.5 Å². The Hall–Kier alpha value is -2.58. The zero-order valence-corrected chi connectivity index (χ0v) is 23.0. The molecule has 2 fully saturated rings. The van der Waals surface area contributed by atoms with E-state index in [1.807, 2.05) is 19.2 Å². The molecule has 6 atom stereocenters. The Morgan fingerprint density at radius 2 is 1.95 bits per heavy atom. The van der Waals surface area contributed by atoms with Crippen LogP contribution in [-0.2, 0) is 24.5 Å². The van der Waals surface area contributed by atoms with Gasteiger partial charge in [0.25, 0.3) is 0 Å². The second-order valence-electron chi connectivity index (χ2n) is 12.3. The van der Waals surface area contributed by atoms with Crippen LogP contribution in [-0.4, -0.2) is 79.6 Å². The van der Waals surface area contributed by atoms with E-state index in [-0.39, 0.29) is 12.6 Å². The third-order valence-corrected chi connectivity index (χ3v) is 9.26. The number of fused-ring (bicyclic) bond motifs is 1. The van der Waals surface area contributed by atoms with Crippen molar-refractivity contribution in [3.05, 3.63) is 35.9 Å². The minimum absolute atomic E-state index is 0.0000348. The zero-order chi connectivity index (χ0) is 27.0. The minimum atomic E-state index is -1.67. The quantitative estimate of drug-likeness (QED) is 0.476. The van der Waals surface area contributed by atoms with Gasteiger partial charge in [0.2, 0.25) is 0 Å². The molecule has 1 aromatic carbocycles. The van der Waals surface area contributed by atoms with Gasteiger partial charge < -0.3 is 24.2 Å². The van der Waals surface area contributed by atoms with Gasteiger partial charge in [0.05, 0.1) is 18.6 Å². The van der Waals surface area contributed by atoms with Crippen LogP contribution in [0.1, 0.15) is 53.0 Å². The number of esters is 2. The molecule has 1 N–H and O–H groups in total. The average molecular weight is 513 g/mol. The molecule has 3 aliphatic heterocycles. The first-order valence-corrected chi connectivity index (χ1v) is 13.3. The standard InChI is InChI=1S/C29H40N2O6/c1-8-27-12-9-14-31-15-13-28(22(27)31)20-11-10-19(35-7)16-21(20)30(6)23(28)29(34,24(27)37-18(2)32)17-36-25(33)26(3,4)5/h9-12,16,22-24,34H,8,13-15,17H2,1-7H3/t22?,23-,24-,27-,28-,29+/m1/s1. The van der Waals surface area contributed by atoms with Crippen molar-refractivity contribution < 1.29 is 28.9 Å². The van der Waals surface area contributed by atoms with E-state index in [4.69, 9.17) is 14.2 Å². The first-order chi connectivity index (χ1) is 17.4. The molecule has 202 valence electrons. The summed E-state index contributed by atoms with van der Waals surface area (Å²) >= 11 is 0. The van der Waals surface area contributed by atoms with Crippen molar-refractivity contribution >= 4 is 17.6 Å². The molecular formula is C29H40N2O6. The molecular weight excluding hydrogens is 472 g/mol. The molecule has 0 aromatic heterocycles. The number of nitrogens with zero attached hydrogens (tertiary/aromatic N) is 2. The predicted octanol–water partition coefficient (Wildman–Crippen LogP) is 3.06. The van der Waals surface area contributed by atoms with Crippen LogP contribution in [0.4, 0.5) is 5.69 Å². The summed E-state index contributed by atoms with van der Waals surface area (Å²) in [6.45, 7) is 10.2. The molecule has 3 heterocycles. The number of carbonyl (C=O) groups excluding carboxylic acids is 2. The molecule has 1 aromatic rings. The summed E-state index contributed by atoms with van der Waals surface area (Å²) in [5.74, 6) is -0.134. The third kappa shape index (κ3) is 3.41. The highest BCUT2D eigenvalue weighted by atomic mass is 16.6. The van der Waals surface area contributed by atoms with E-state index in [1.165, 1.54) is 6.92 Å². The summed E-state index contributed by atoms with van der Waals surface area (Å²) in [5, 5.41) is 12.9. The molecule has 8 nitrogen and oxygen atoms in total. The molecule has 1 saturated heterocycles. The molecule has 1 unspecified atom stereocenters.